The molecule has 2 aromatic carbocycles. The van der Waals surface area contributed by atoms with Crippen LogP contribution in [0.15, 0.2) is 54.7 Å². The number of rotatable bonds is 9. The normalized spacial score (nSPS) is 14.3. The molecule has 1 aliphatic carbocycles. The first-order chi connectivity index (χ1) is 18.6. The standard InChI is InChI=1S/C28H28F3N5O3/c1-16-12-17(6-9-21(16)27(38)34-19-7-8-19)24-15-33-26-23(32-11-10-28(29,30)31)14-22(35-36(24)26)25(37)18-4-3-5-20(13-18)39-2/h3-6,9,12-15,19,25,32,37H,7-8,10-11H2,1-2H3,(H,34,38). The van der Waals surface area contributed by atoms with E-state index < -0.39 is 18.7 Å². The number of hydrogen-bond donors (Lipinski definition) is 3. The molecule has 1 saturated carbocycles. The molecule has 1 unspecified atom stereocenters. The largest absolute Gasteiger partial charge is 0.497 e. The zero-order chi connectivity index (χ0) is 27.7. The van der Waals surface area contributed by atoms with Gasteiger partial charge in [-0.1, -0.05) is 18.2 Å². The highest BCUT2D eigenvalue weighted by atomic mass is 19.4. The fraction of sp³-hybridized carbons (Fsp3) is 0.321. The highest BCUT2D eigenvalue weighted by Crippen LogP contribution is 2.31. The van der Waals surface area contributed by atoms with Crippen molar-refractivity contribution >= 4 is 17.2 Å². The summed E-state index contributed by atoms with van der Waals surface area (Å²) in [5.41, 5.74) is 3.92. The molecule has 0 radical (unpaired) electrons. The lowest BCUT2D eigenvalue weighted by atomic mass is 10.0. The molecule has 1 amide bonds. The molecule has 1 aliphatic rings. The van der Waals surface area contributed by atoms with E-state index in [2.05, 4.69) is 20.7 Å². The lowest BCUT2D eigenvalue weighted by molar-refractivity contribution is -0.131. The van der Waals surface area contributed by atoms with Crippen molar-refractivity contribution in [2.75, 3.05) is 19.0 Å². The minimum atomic E-state index is -4.33. The Bertz CT molecular complexity index is 1510. The summed E-state index contributed by atoms with van der Waals surface area (Å²) in [4.78, 5) is 17.0. The summed E-state index contributed by atoms with van der Waals surface area (Å²) in [6, 6.07) is 13.9. The summed E-state index contributed by atoms with van der Waals surface area (Å²) >= 11 is 0. The number of aryl methyl sites for hydroxylation is 1. The fourth-order valence-electron chi connectivity index (χ4n) is 4.34. The molecule has 11 heteroatoms. The van der Waals surface area contributed by atoms with Crippen LogP contribution in [0, 0.1) is 6.92 Å². The van der Waals surface area contributed by atoms with Crippen LogP contribution in [0.1, 0.15) is 52.5 Å². The molecule has 2 heterocycles. The maximum Gasteiger partial charge on any atom is 0.390 e. The zero-order valence-electron chi connectivity index (χ0n) is 21.4. The van der Waals surface area contributed by atoms with E-state index in [4.69, 9.17) is 4.74 Å². The van der Waals surface area contributed by atoms with E-state index in [0.29, 0.717) is 39.5 Å². The van der Waals surface area contributed by atoms with Crippen LogP contribution in [0.2, 0.25) is 0 Å². The Labute approximate surface area is 222 Å². The molecule has 39 heavy (non-hydrogen) atoms. The van der Waals surface area contributed by atoms with Gasteiger partial charge in [0.1, 0.15) is 11.9 Å². The Hall–Kier alpha value is -4.12. The summed E-state index contributed by atoms with van der Waals surface area (Å²) < 4.78 is 45.3. The number of aromatic nitrogens is 3. The highest BCUT2D eigenvalue weighted by Gasteiger charge is 2.27. The van der Waals surface area contributed by atoms with Gasteiger partial charge in [0.2, 0.25) is 0 Å². The summed E-state index contributed by atoms with van der Waals surface area (Å²) in [5, 5.41) is 21.6. The number of benzene rings is 2. The second kappa shape index (κ2) is 10.6. The molecule has 8 nitrogen and oxygen atoms in total. The Morgan fingerprint density at radius 2 is 2.00 bits per heavy atom. The molecular formula is C28H28F3N5O3. The average Bonchev–Trinajstić information content (AvgIpc) is 3.61. The first-order valence-electron chi connectivity index (χ1n) is 12.6. The van der Waals surface area contributed by atoms with Gasteiger partial charge in [-0.05, 0) is 61.2 Å². The van der Waals surface area contributed by atoms with E-state index >= 15 is 0 Å². The predicted molar refractivity (Wildman–Crippen MR) is 140 cm³/mol. The number of carbonyl (C=O) groups is 1. The van der Waals surface area contributed by atoms with Gasteiger partial charge in [0.15, 0.2) is 5.65 Å². The van der Waals surface area contributed by atoms with Crippen LogP contribution in [0.3, 0.4) is 0 Å². The van der Waals surface area contributed by atoms with Crippen molar-refractivity contribution in [1.29, 1.82) is 0 Å². The number of halogens is 3. The molecular weight excluding hydrogens is 511 g/mol. The molecule has 0 spiro atoms. The van der Waals surface area contributed by atoms with E-state index in [-0.39, 0.29) is 24.2 Å². The zero-order valence-corrected chi connectivity index (χ0v) is 21.4. The van der Waals surface area contributed by atoms with Crippen LogP contribution >= 0.6 is 0 Å². The van der Waals surface area contributed by atoms with Crippen LogP contribution < -0.4 is 15.4 Å². The van der Waals surface area contributed by atoms with Gasteiger partial charge < -0.3 is 20.5 Å². The third kappa shape index (κ3) is 5.98. The van der Waals surface area contributed by atoms with Crippen molar-refractivity contribution in [2.45, 2.75) is 44.5 Å². The van der Waals surface area contributed by atoms with Gasteiger partial charge in [0.05, 0.1) is 36.8 Å². The van der Waals surface area contributed by atoms with Gasteiger partial charge >= 0.3 is 6.18 Å². The Balaban J connectivity index is 1.54. The summed E-state index contributed by atoms with van der Waals surface area (Å²) in [7, 11) is 1.51. The number of aliphatic hydroxyl groups excluding tert-OH is 1. The molecule has 1 atom stereocenters. The van der Waals surface area contributed by atoms with Crippen LogP contribution in [0.25, 0.3) is 16.9 Å². The maximum absolute atomic E-state index is 12.8. The summed E-state index contributed by atoms with van der Waals surface area (Å²) in [6.45, 7) is 1.47. The number of ether oxygens (including phenoxy) is 1. The molecule has 5 rings (SSSR count). The lowest BCUT2D eigenvalue weighted by Crippen LogP contribution is -2.26. The fourth-order valence-corrected chi connectivity index (χ4v) is 4.34. The van der Waals surface area contributed by atoms with Crippen molar-refractivity contribution < 1.29 is 27.8 Å². The number of nitrogens with zero attached hydrogens (tertiary/aromatic N) is 3. The lowest BCUT2D eigenvalue weighted by Gasteiger charge is -2.16. The molecule has 0 saturated heterocycles. The number of aliphatic hydroxyl groups is 1. The molecule has 3 N–H and O–H groups in total. The van der Waals surface area contributed by atoms with Crippen molar-refractivity contribution in [2.24, 2.45) is 0 Å². The van der Waals surface area contributed by atoms with Gasteiger partial charge in [-0.25, -0.2) is 9.50 Å². The van der Waals surface area contributed by atoms with E-state index in [1.165, 1.54) is 17.7 Å². The Kier molecular flexibility index (Phi) is 7.17. The number of carbonyl (C=O) groups excluding carboxylic acids is 1. The quantitative estimate of drug-likeness (QED) is 0.275. The Morgan fingerprint density at radius 3 is 2.69 bits per heavy atom. The van der Waals surface area contributed by atoms with Gasteiger partial charge in [0.25, 0.3) is 5.91 Å². The molecule has 204 valence electrons. The van der Waals surface area contributed by atoms with Gasteiger partial charge in [-0.3, -0.25) is 4.79 Å². The minimum absolute atomic E-state index is 0.127. The van der Waals surface area contributed by atoms with Crippen molar-refractivity contribution in [3.05, 3.63) is 77.1 Å². The second-order valence-corrected chi connectivity index (χ2v) is 9.61. The van der Waals surface area contributed by atoms with Gasteiger partial charge in [-0.15, -0.1) is 0 Å². The third-order valence-corrected chi connectivity index (χ3v) is 6.58. The number of alkyl halides is 3. The van der Waals surface area contributed by atoms with Crippen molar-refractivity contribution in [1.82, 2.24) is 19.9 Å². The number of hydrogen-bond acceptors (Lipinski definition) is 6. The first-order valence-corrected chi connectivity index (χ1v) is 12.6. The number of imidazole rings is 1. The SMILES string of the molecule is COc1cccc(C(O)c2cc(NCCC(F)(F)F)c3ncc(-c4ccc(C(=O)NC5CC5)c(C)c4)n3n2)c1. The maximum atomic E-state index is 12.8. The van der Waals surface area contributed by atoms with Crippen molar-refractivity contribution in [3.8, 4) is 17.0 Å². The smallest absolute Gasteiger partial charge is 0.390 e. The second-order valence-electron chi connectivity index (χ2n) is 9.61. The summed E-state index contributed by atoms with van der Waals surface area (Å²) in [6.07, 6.45) is -3.01. The Morgan fingerprint density at radius 1 is 1.21 bits per heavy atom. The molecule has 0 aliphatic heterocycles. The van der Waals surface area contributed by atoms with Gasteiger partial charge in [-0.2, -0.15) is 18.3 Å². The van der Waals surface area contributed by atoms with Crippen LogP contribution in [-0.4, -0.2) is 51.5 Å². The predicted octanol–water partition coefficient (Wildman–Crippen LogP) is 5.05. The van der Waals surface area contributed by atoms with Crippen molar-refractivity contribution in [3.63, 3.8) is 0 Å². The van der Waals surface area contributed by atoms with Crippen LogP contribution in [0.4, 0.5) is 18.9 Å². The monoisotopic (exact) mass is 539 g/mol. The molecule has 1 fully saturated rings. The first kappa shape index (κ1) is 26.5. The number of anilines is 1. The third-order valence-electron chi connectivity index (χ3n) is 6.58. The number of fused-ring (bicyclic) bond motifs is 1. The molecule has 2 aromatic heterocycles. The van der Waals surface area contributed by atoms with E-state index in [1.807, 2.05) is 13.0 Å². The highest BCUT2D eigenvalue weighted by molar-refractivity contribution is 5.96. The van der Waals surface area contributed by atoms with Crippen LogP contribution in [-0.2, 0) is 0 Å². The van der Waals surface area contributed by atoms with E-state index in [1.54, 1.807) is 42.6 Å². The average molecular weight is 540 g/mol. The molecule has 0 bridgehead atoms. The molecule has 4 aromatic rings. The topological polar surface area (TPSA) is 101 Å². The van der Waals surface area contributed by atoms with Crippen LogP contribution in [0.5, 0.6) is 5.75 Å². The minimum Gasteiger partial charge on any atom is -0.497 e. The van der Waals surface area contributed by atoms with E-state index in [9.17, 15) is 23.1 Å². The van der Waals surface area contributed by atoms with E-state index in [0.717, 1.165) is 18.4 Å². The summed E-state index contributed by atoms with van der Waals surface area (Å²) in [5.74, 6) is 0.415. The number of nitrogens with one attached hydrogen (secondary N) is 2. The number of methoxy groups -OCH3 is 1. The van der Waals surface area contributed by atoms with Gasteiger partial charge in [0, 0.05) is 23.7 Å². The number of amides is 1.